The van der Waals surface area contributed by atoms with Gasteiger partial charge in [-0.15, -0.1) is 0 Å². The van der Waals surface area contributed by atoms with Crippen LogP contribution in [0.1, 0.15) is 27.7 Å². The van der Waals surface area contributed by atoms with E-state index in [-0.39, 0.29) is 0 Å². The molecule has 10 heavy (non-hydrogen) atoms. The summed E-state index contributed by atoms with van der Waals surface area (Å²) in [5, 5.41) is 0. The zero-order valence-electron chi connectivity index (χ0n) is 7.31. The molecule has 0 aromatic heterocycles. The van der Waals surface area contributed by atoms with E-state index >= 15 is 0 Å². The smallest absolute Gasteiger partial charge is 0.00453 e. The van der Waals surface area contributed by atoms with Crippen LogP contribution in [-0.4, -0.2) is 0 Å². The molecular formula is C10H16. The largest absolute Gasteiger partial charge is 0.0741 e. The van der Waals surface area contributed by atoms with Crippen LogP contribution in [0.5, 0.6) is 0 Å². The Morgan fingerprint density at radius 3 is 2.20 bits per heavy atom. The summed E-state index contributed by atoms with van der Waals surface area (Å²) in [7, 11) is 0. The van der Waals surface area contributed by atoms with E-state index in [9.17, 15) is 0 Å². The van der Waals surface area contributed by atoms with Crippen LogP contribution in [0.3, 0.4) is 0 Å². The fourth-order valence-corrected chi connectivity index (χ4v) is 1.22. The predicted octanol–water partition coefficient (Wildman–Crippen LogP) is 3.16. The monoisotopic (exact) mass is 136 g/mol. The first-order valence-corrected chi connectivity index (χ1v) is 4.01. The summed E-state index contributed by atoms with van der Waals surface area (Å²) >= 11 is 0. The Morgan fingerprint density at radius 1 is 1.40 bits per heavy atom. The maximum absolute atomic E-state index is 2.36. The van der Waals surface area contributed by atoms with Gasteiger partial charge in [0.2, 0.25) is 0 Å². The van der Waals surface area contributed by atoms with Crippen molar-refractivity contribution in [1.29, 1.82) is 0 Å². The topological polar surface area (TPSA) is 0 Å². The highest BCUT2D eigenvalue weighted by Gasteiger charge is 2.12. The molecule has 0 aliphatic heterocycles. The summed E-state index contributed by atoms with van der Waals surface area (Å²) in [5.41, 5.74) is 3.01. The third-order valence-electron chi connectivity index (χ3n) is 2.22. The van der Waals surface area contributed by atoms with Crippen molar-refractivity contribution in [2.24, 2.45) is 11.8 Å². The van der Waals surface area contributed by atoms with Crippen LogP contribution in [0.2, 0.25) is 0 Å². The molecule has 0 spiro atoms. The minimum Gasteiger partial charge on any atom is -0.0741 e. The molecule has 1 aliphatic rings. The van der Waals surface area contributed by atoms with Gasteiger partial charge in [-0.25, -0.2) is 0 Å². The zero-order valence-corrected chi connectivity index (χ0v) is 7.31. The molecule has 1 unspecified atom stereocenters. The van der Waals surface area contributed by atoms with E-state index < -0.39 is 0 Å². The summed E-state index contributed by atoms with van der Waals surface area (Å²) in [5.74, 6) is 1.37. The molecule has 1 rings (SSSR count). The SMILES string of the molecule is CC1=CC(C(C)C)=CC1C. The van der Waals surface area contributed by atoms with E-state index in [1.807, 2.05) is 0 Å². The molecule has 0 amide bonds. The van der Waals surface area contributed by atoms with Gasteiger partial charge in [0.15, 0.2) is 0 Å². The molecule has 0 N–H and O–H groups in total. The van der Waals surface area contributed by atoms with Gasteiger partial charge in [-0.2, -0.15) is 0 Å². The fourth-order valence-electron chi connectivity index (χ4n) is 1.22. The van der Waals surface area contributed by atoms with Crippen molar-refractivity contribution < 1.29 is 0 Å². The molecule has 0 fully saturated rings. The van der Waals surface area contributed by atoms with Crippen molar-refractivity contribution in [2.75, 3.05) is 0 Å². The first-order valence-electron chi connectivity index (χ1n) is 4.01. The highest BCUT2D eigenvalue weighted by Crippen LogP contribution is 2.27. The second-order valence-corrected chi connectivity index (χ2v) is 3.50. The Bertz CT molecular complexity index is 182. The van der Waals surface area contributed by atoms with Crippen molar-refractivity contribution in [3.63, 3.8) is 0 Å². The molecule has 0 radical (unpaired) electrons. The van der Waals surface area contributed by atoms with Crippen molar-refractivity contribution >= 4 is 0 Å². The van der Waals surface area contributed by atoms with Crippen LogP contribution in [0.4, 0.5) is 0 Å². The maximum atomic E-state index is 2.36. The molecule has 1 aliphatic carbocycles. The van der Waals surface area contributed by atoms with Crippen LogP contribution in [0.15, 0.2) is 23.3 Å². The van der Waals surface area contributed by atoms with Gasteiger partial charge in [-0.05, 0) is 24.3 Å². The summed E-state index contributed by atoms with van der Waals surface area (Å²) in [6.45, 7) is 8.94. The van der Waals surface area contributed by atoms with Gasteiger partial charge in [0.1, 0.15) is 0 Å². The Labute approximate surface area is 63.6 Å². The lowest BCUT2D eigenvalue weighted by Gasteiger charge is -2.00. The standard InChI is InChI=1S/C10H16/c1-7(2)10-5-8(3)9(4)6-10/h5-8H,1-4H3. The molecular weight excluding hydrogens is 120 g/mol. The molecule has 0 nitrogen and oxygen atoms in total. The third kappa shape index (κ3) is 1.31. The van der Waals surface area contributed by atoms with Gasteiger partial charge < -0.3 is 0 Å². The van der Waals surface area contributed by atoms with E-state index in [4.69, 9.17) is 0 Å². The van der Waals surface area contributed by atoms with Crippen LogP contribution < -0.4 is 0 Å². The average molecular weight is 136 g/mol. The van der Waals surface area contributed by atoms with Crippen molar-refractivity contribution in [2.45, 2.75) is 27.7 Å². The summed E-state index contributed by atoms with van der Waals surface area (Å²) in [6, 6.07) is 0. The molecule has 0 aromatic carbocycles. The minimum absolute atomic E-state index is 0.678. The molecule has 56 valence electrons. The van der Waals surface area contributed by atoms with Crippen LogP contribution in [0.25, 0.3) is 0 Å². The quantitative estimate of drug-likeness (QED) is 0.519. The molecule has 0 aromatic rings. The fraction of sp³-hybridized carbons (Fsp3) is 0.600. The van der Waals surface area contributed by atoms with E-state index in [2.05, 4.69) is 39.8 Å². The number of hydrogen-bond acceptors (Lipinski definition) is 0. The highest BCUT2D eigenvalue weighted by molar-refractivity contribution is 5.34. The van der Waals surface area contributed by atoms with Crippen LogP contribution in [0, 0.1) is 11.8 Å². The summed E-state index contributed by atoms with van der Waals surface area (Å²) in [4.78, 5) is 0. The van der Waals surface area contributed by atoms with Gasteiger partial charge in [-0.1, -0.05) is 38.5 Å². The Kier molecular flexibility index (Phi) is 1.98. The van der Waals surface area contributed by atoms with E-state index in [1.54, 1.807) is 0 Å². The van der Waals surface area contributed by atoms with E-state index in [0.717, 1.165) is 0 Å². The number of allylic oxidation sites excluding steroid dienone is 4. The van der Waals surface area contributed by atoms with Gasteiger partial charge in [-0.3, -0.25) is 0 Å². The lowest BCUT2D eigenvalue weighted by molar-refractivity contribution is 0.785. The average Bonchev–Trinajstić information content (AvgIpc) is 2.13. The Morgan fingerprint density at radius 2 is 2.00 bits per heavy atom. The van der Waals surface area contributed by atoms with Crippen molar-refractivity contribution in [3.05, 3.63) is 23.3 Å². The molecule has 0 saturated heterocycles. The first kappa shape index (κ1) is 7.59. The lowest BCUT2D eigenvalue weighted by Crippen LogP contribution is -1.87. The van der Waals surface area contributed by atoms with Gasteiger partial charge >= 0.3 is 0 Å². The maximum Gasteiger partial charge on any atom is -0.00453 e. The van der Waals surface area contributed by atoms with Gasteiger partial charge in [0.05, 0.1) is 0 Å². The third-order valence-corrected chi connectivity index (χ3v) is 2.22. The van der Waals surface area contributed by atoms with Crippen molar-refractivity contribution in [3.8, 4) is 0 Å². The van der Waals surface area contributed by atoms with E-state index in [1.165, 1.54) is 11.1 Å². The normalized spacial score (nSPS) is 25.1. The van der Waals surface area contributed by atoms with Gasteiger partial charge in [0, 0.05) is 0 Å². The number of rotatable bonds is 1. The molecule has 0 heterocycles. The first-order chi connectivity index (χ1) is 4.61. The molecule has 1 atom stereocenters. The minimum atomic E-state index is 0.678. The van der Waals surface area contributed by atoms with Crippen LogP contribution in [-0.2, 0) is 0 Å². The van der Waals surface area contributed by atoms with Crippen LogP contribution >= 0.6 is 0 Å². The Balaban J connectivity index is 2.75. The zero-order chi connectivity index (χ0) is 7.72. The molecule has 0 bridgehead atoms. The highest BCUT2D eigenvalue weighted by atomic mass is 14.2. The van der Waals surface area contributed by atoms with E-state index in [0.29, 0.717) is 11.8 Å². The molecule has 0 heteroatoms. The lowest BCUT2D eigenvalue weighted by atomic mass is 10.0. The second kappa shape index (κ2) is 2.61. The number of hydrogen-bond donors (Lipinski definition) is 0. The summed E-state index contributed by atoms with van der Waals surface area (Å²) in [6.07, 6.45) is 4.68. The summed E-state index contributed by atoms with van der Waals surface area (Å²) < 4.78 is 0. The van der Waals surface area contributed by atoms with Gasteiger partial charge in [0.25, 0.3) is 0 Å². The van der Waals surface area contributed by atoms with Crippen molar-refractivity contribution in [1.82, 2.24) is 0 Å². The predicted molar refractivity (Wildman–Crippen MR) is 45.8 cm³/mol. The Hall–Kier alpha value is -0.520. The second-order valence-electron chi connectivity index (χ2n) is 3.50. The molecule has 0 saturated carbocycles.